The first-order valence-electron chi connectivity index (χ1n) is 8.20. The number of hydrogen-bond acceptors (Lipinski definition) is 4. The average Bonchev–Trinajstić information content (AvgIpc) is 2.58. The van der Waals surface area contributed by atoms with Gasteiger partial charge in [0.05, 0.1) is 5.56 Å². The predicted octanol–water partition coefficient (Wildman–Crippen LogP) is 3.13. The second-order valence-corrected chi connectivity index (χ2v) is 6.74. The van der Waals surface area contributed by atoms with Crippen molar-refractivity contribution < 1.29 is 19.1 Å². The molecule has 6 nitrogen and oxygen atoms in total. The summed E-state index contributed by atoms with van der Waals surface area (Å²) in [4.78, 5) is 35.8. The maximum atomic E-state index is 12.4. The molecule has 3 amide bonds. The molecule has 0 atom stereocenters. The van der Waals surface area contributed by atoms with Crippen LogP contribution < -0.4 is 10.6 Å². The quantitative estimate of drug-likeness (QED) is 0.826. The van der Waals surface area contributed by atoms with E-state index in [0.717, 1.165) is 5.56 Å². The number of rotatable bonds is 4. The van der Waals surface area contributed by atoms with Crippen LogP contribution in [0.15, 0.2) is 54.6 Å². The van der Waals surface area contributed by atoms with Gasteiger partial charge in [0, 0.05) is 5.54 Å². The lowest BCUT2D eigenvalue weighted by Gasteiger charge is -2.20. The highest BCUT2D eigenvalue weighted by Crippen LogP contribution is 2.23. The van der Waals surface area contributed by atoms with Crippen LogP contribution in [0.2, 0.25) is 0 Å². The van der Waals surface area contributed by atoms with Crippen LogP contribution in [0.4, 0.5) is 4.79 Å². The number of carbonyl (C=O) groups is 3. The zero-order valence-electron chi connectivity index (χ0n) is 15.0. The van der Waals surface area contributed by atoms with Gasteiger partial charge in [-0.25, -0.2) is 9.59 Å². The molecule has 0 heterocycles. The van der Waals surface area contributed by atoms with E-state index in [1.54, 1.807) is 32.9 Å². The first-order chi connectivity index (χ1) is 12.3. The Morgan fingerprint density at radius 3 is 2.19 bits per heavy atom. The third kappa shape index (κ3) is 5.73. The molecule has 0 spiro atoms. The predicted molar refractivity (Wildman–Crippen MR) is 98.6 cm³/mol. The Bertz CT molecular complexity index is 795. The maximum Gasteiger partial charge on any atom is 0.339 e. The normalized spacial score (nSPS) is 10.7. The molecule has 0 saturated carbocycles. The van der Waals surface area contributed by atoms with Crippen LogP contribution in [0.1, 0.15) is 31.1 Å². The number of benzene rings is 2. The third-order valence-corrected chi connectivity index (χ3v) is 3.31. The Balaban J connectivity index is 1.99. The molecule has 0 aromatic heterocycles. The monoisotopic (exact) mass is 354 g/mol. The molecule has 0 fully saturated rings. The fourth-order valence-electron chi connectivity index (χ4n) is 2.27. The van der Waals surface area contributed by atoms with Crippen LogP contribution in [-0.4, -0.2) is 30.1 Å². The van der Waals surface area contributed by atoms with Gasteiger partial charge >= 0.3 is 12.0 Å². The van der Waals surface area contributed by atoms with Crippen LogP contribution in [0.25, 0.3) is 11.1 Å². The van der Waals surface area contributed by atoms with Crippen LogP contribution in [0.3, 0.4) is 0 Å². The largest absolute Gasteiger partial charge is 0.452 e. The first-order valence-corrected chi connectivity index (χ1v) is 8.20. The first kappa shape index (κ1) is 19.2. The van der Waals surface area contributed by atoms with Gasteiger partial charge in [0.15, 0.2) is 6.61 Å². The smallest absolute Gasteiger partial charge is 0.339 e. The molecule has 2 aromatic carbocycles. The van der Waals surface area contributed by atoms with Crippen molar-refractivity contribution in [3.05, 3.63) is 60.2 Å². The van der Waals surface area contributed by atoms with Crippen LogP contribution >= 0.6 is 0 Å². The highest BCUT2D eigenvalue weighted by molar-refractivity contribution is 6.00. The molecule has 0 unspecified atom stereocenters. The summed E-state index contributed by atoms with van der Waals surface area (Å²) >= 11 is 0. The van der Waals surface area contributed by atoms with Gasteiger partial charge in [-0.05, 0) is 38.0 Å². The van der Waals surface area contributed by atoms with Gasteiger partial charge in [0.1, 0.15) is 0 Å². The van der Waals surface area contributed by atoms with Gasteiger partial charge in [-0.2, -0.15) is 0 Å². The summed E-state index contributed by atoms with van der Waals surface area (Å²) in [5.41, 5.74) is 1.46. The minimum absolute atomic E-state index is 0.352. The van der Waals surface area contributed by atoms with Crippen LogP contribution in [0, 0.1) is 0 Å². The van der Waals surface area contributed by atoms with Crippen molar-refractivity contribution in [2.24, 2.45) is 0 Å². The van der Waals surface area contributed by atoms with Crippen molar-refractivity contribution in [1.82, 2.24) is 10.6 Å². The van der Waals surface area contributed by atoms with Gasteiger partial charge in [-0.15, -0.1) is 0 Å². The van der Waals surface area contributed by atoms with E-state index in [2.05, 4.69) is 10.6 Å². The van der Waals surface area contributed by atoms with E-state index in [4.69, 9.17) is 4.74 Å². The highest BCUT2D eigenvalue weighted by Gasteiger charge is 2.18. The summed E-state index contributed by atoms with van der Waals surface area (Å²) in [6, 6.07) is 15.8. The standard InChI is InChI=1S/C20H22N2O4/c1-20(2,3)22-19(25)21-17(23)13-26-18(24)16-12-8-7-11-15(16)14-9-5-4-6-10-14/h4-12H,13H2,1-3H3,(H2,21,22,23,25). The molecular weight excluding hydrogens is 332 g/mol. The van der Waals surface area contributed by atoms with Gasteiger partial charge in [-0.3, -0.25) is 10.1 Å². The minimum atomic E-state index is -0.697. The van der Waals surface area contributed by atoms with Crippen molar-refractivity contribution in [3.63, 3.8) is 0 Å². The Hall–Kier alpha value is -3.15. The summed E-state index contributed by atoms with van der Waals surface area (Å²) in [6.07, 6.45) is 0. The number of hydrogen-bond donors (Lipinski definition) is 2. The molecule has 0 aliphatic heterocycles. The summed E-state index contributed by atoms with van der Waals surface area (Å²) in [5.74, 6) is -1.33. The summed E-state index contributed by atoms with van der Waals surface area (Å²) in [7, 11) is 0. The zero-order chi connectivity index (χ0) is 19.2. The molecule has 0 radical (unpaired) electrons. The van der Waals surface area contributed by atoms with E-state index < -0.39 is 30.1 Å². The molecule has 26 heavy (non-hydrogen) atoms. The number of esters is 1. The highest BCUT2D eigenvalue weighted by atomic mass is 16.5. The number of carbonyl (C=O) groups excluding carboxylic acids is 3. The Labute approximate surface area is 152 Å². The van der Waals surface area contributed by atoms with E-state index in [-0.39, 0.29) is 0 Å². The van der Waals surface area contributed by atoms with Crippen molar-refractivity contribution in [1.29, 1.82) is 0 Å². The number of imide groups is 1. The lowest BCUT2D eigenvalue weighted by molar-refractivity contribution is -0.123. The average molecular weight is 354 g/mol. The SMILES string of the molecule is CC(C)(C)NC(=O)NC(=O)COC(=O)c1ccccc1-c1ccccc1. The van der Waals surface area contributed by atoms with Crippen molar-refractivity contribution in [2.75, 3.05) is 6.61 Å². The van der Waals surface area contributed by atoms with E-state index in [0.29, 0.717) is 11.1 Å². The van der Waals surface area contributed by atoms with Crippen molar-refractivity contribution in [2.45, 2.75) is 26.3 Å². The Morgan fingerprint density at radius 2 is 1.54 bits per heavy atom. The Morgan fingerprint density at radius 1 is 0.923 bits per heavy atom. The number of ether oxygens (including phenoxy) is 1. The molecule has 6 heteroatoms. The van der Waals surface area contributed by atoms with Crippen LogP contribution in [0.5, 0.6) is 0 Å². The molecule has 2 aromatic rings. The molecule has 2 N–H and O–H groups in total. The van der Waals surface area contributed by atoms with Gasteiger partial charge in [0.25, 0.3) is 5.91 Å². The van der Waals surface area contributed by atoms with Crippen molar-refractivity contribution >= 4 is 17.9 Å². The van der Waals surface area contributed by atoms with E-state index in [9.17, 15) is 14.4 Å². The van der Waals surface area contributed by atoms with Gasteiger partial charge in [-0.1, -0.05) is 48.5 Å². The number of urea groups is 1. The molecule has 0 bridgehead atoms. The molecule has 0 aliphatic carbocycles. The maximum absolute atomic E-state index is 12.4. The fraction of sp³-hybridized carbons (Fsp3) is 0.250. The lowest BCUT2D eigenvalue weighted by atomic mass is 10.00. The zero-order valence-corrected chi connectivity index (χ0v) is 15.0. The second kappa shape index (κ2) is 8.29. The lowest BCUT2D eigenvalue weighted by Crippen LogP contribution is -2.49. The number of amides is 3. The molecule has 136 valence electrons. The molecule has 0 aliphatic rings. The van der Waals surface area contributed by atoms with E-state index >= 15 is 0 Å². The Kier molecular flexibility index (Phi) is 6.11. The minimum Gasteiger partial charge on any atom is -0.452 e. The summed E-state index contributed by atoms with van der Waals surface area (Å²) < 4.78 is 5.05. The van der Waals surface area contributed by atoms with E-state index in [1.807, 2.05) is 42.5 Å². The molecule has 2 rings (SSSR count). The number of nitrogens with one attached hydrogen (secondary N) is 2. The summed E-state index contributed by atoms with van der Waals surface area (Å²) in [5, 5.41) is 4.71. The molecular formula is C20H22N2O4. The fourth-order valence-corrected chi connectivity index (χ4v) is 2.27. The van der Waals surface area contributed by atoms with Crippen LogP contribution in [-0.2, 0) is 9.53 Å². The second-order valence-electron chi connectivity index (χ2n) is 6.74. The third-order valence-electron chi connectivity index (χ3n) is 3.31. The van der Waals surface area contributed by atoms with E-state index in [1.165, 1.54) is 0 Å². The van der Waals surface area contributed by atoms with Crippen molar-refractivity contribution in [3.8, 4) is 11.1 Å². The topological polar surface area (TPSA) is 84.5 Å². The molecule has 0 saturated heterocycles. The summed E-state index contributed by atoms with van der Waals surface area (Å²) in [6.45, 7) is 4.83. The van der Waals surface area contributed by atoms with Gasteiger partial charge in [0.2, 0.25) is 0 Å². The van der Waals surface area contributed by atoms with Gasteiger partial charge < -0.3 is 10.1 Å².